The van der Waals surface area contributed by atoms with Crippen molar-refractivity contribution >= 4 is 27.1 Å². The average Bonchev–Trinajstić information content (AvgIpc) is 2.27. The Morgan fingerprint density at radius 3 is 2.41 bits per heavy atom. The van der Waals surface area contributed by atoms with Gasteiger partial charge in [0, 0.05) is 18.2 Å². The summed E-state index contributed by atoms with van der Waals surface area (Å²) in [7, 11) is -3.21. The van der Waals surface area contributed by atoms with Crippen molar-refractivity contribution in [1.82, 2.24) is 0 Å². The summed E-state index contributed by atoms with van der Waals surface area (Å²) in [5.41, 5.74) is 0.638. The van der Waals surface area contributed by atoms with Gasteiger partial charge in [-0.25, -0.2) is 8.42 Å². The molecule has 0 aliphatic heterocycles. The second-order valence-electron chi connectivity index (χ2n) is 4.33. The van der Waals surface area contributed by atoms with Gasteiger partial charge in [-0.3, -0.25) is 0 Å². The van der Waals surface area contributed by atoms with E-state index in [1.165, 1.54) is 6.26 Å². The highest BCUT2D eigenvalue weighted by Crippen LogP contribution is 2.22. The highest BCUT2D eigenvalue weighted by Gasteiger charge is 2.16. The maximum Gasteiger partial charge on any atom is 0.177 e. The number of sulfone groups is 1. The van der Waals surface area contributed by atoms with Crippen molar-refractivity contribution in [2.45, 2.75) is 24.8 Å². The average molecular weight is 276 g/mol. The molecular weight excluding hydrogens is 258 g/mol. The van der Waals surface area contributed by atoms with Gasteiger partial charge in [0.25, 0.3) is 0 Å². The number of alkyl halides is 1. The third-order valence-electron chi connectivity index (χ3n) is 2.77. The van der Waals surface area contributed by atoms with Crippen LogP contribution in [0.1, 0.15) is 13.8 Å². The number of anilines is 1. The summed E-state index contributed by atoms with van der Waals surface area (Å²) in [6, 6.07) is 7.03. The molecule has 3 nitrogen and oxygen atoms in total. The molecule has 5 heteroatoms. The maximum atomic E-state index is 11.6. The number of nitrogens with one attached hydrogen (secondary N) is 1. The number of hydrogen-bond donors (Lipinski definition) is 1. The number of para-hydroxylation sites is 1. The zero-order chi connectivity index (χ0) is 13.1. The monoisotopic (exact) mass is 275 g/mol. The van der Waals surface area contributed by atoms with Gasteiger partial charge >= 0.3 is 0 Å². The van der Waals surface area contributed by atoms with Gasteiger partial charge in [-0.05, 0) is 25.0 Å². The summed E-state index contributed by atoms with van der Waals surface area (Å²) in [6.07, 6.45) is 1.21. The molecule has 0 spiro atoms. The molecule has 17 heavy (non-hydrogen) atoms. The molecule has 0 aromatic heterocycles. The number of rotatable bonds is 5. The minimum absolute atomic E-state index is 0.121. The number of halogens is 1. The topological polar surface area (TPSA) is 46.2 Å². The van der Waals surface area contributed by atoms with E-state index in [9.17, 15) is 8.42 Å². The van der Waals surface area contributed by atoms with Crippen molar-refractivity contribution in [3.05, 3.63) is 24.3 Å². The van der Waals surface area contributed by atoms with Gasteiger partial charge in [-0.1, -0.05) is 19.1 Å². The van der Waals surface area contributed by atoms with E-state index in [0.717, 1.165) is 0 Å². The van der Waals surface area contributed by atoms with Crippen LogP contribution < -0.4 is 5.32 Å². The van der Waals surface area contributed by atoms with Crippen LogP contribution in [0, 0.1) is 5.92 Å². The second-order valence-corrected chi connectivity index (χ2v) is 6.63. The Labute approximate surface area is 108 Å². The summed E-state index contributed by atoms with van der Waals surface area (Å²) in [5.74, 6) is 0.805. The van der Waals surface area contributed by atoms with E-state index in [2.05, 4.69) is 5.32 Å². The summed E-state index contributed by atoms with van der Waals surface area (Å²) in [5, 5.41) is 3.20. The van der Waals surface area contributed by atoms with E-state index >= 15 is 0 Å². The highest BCUT2D eigenvalue weighted by molar-refractivity contribution is 7.90. The normalized spacial score (nSPS) is 15.3. The standard InChI is InChI=1S/C12H18ClNO2S/c1-9(8-13)10(2)14-11-6-4-5-7-12(11)17(3,15)16/h4-7,9-10,14H,8H2,1-3H3. The largest absolute Gasteiger partial charge is 0.381 e. The van der Waals surface area contributed by atoms with Gasteiger partial charge in [-0.2, -0.15) is 0 Å². The zero-order valence-corrected chi connectivity index (χ0v) is 11.8. The molecule has 0 radical (unpaired) electrons. The van der Waals surface area contributed by atoms with Crippen LogP contribution >= 0.6 is 11.6 Å². The lowest BCUT2D eigenvalue weighted by Gasteiger charge is -2.21. The van der Waals surface area contributed by atoms with E-state index in [-0.39, 0.29) is 12.0 Å². The smallest absolute Gasteiger partial charge is 0.177 e. The lowest BCUT2D eigenvalue weighted by atomic mass is 10.1. The Bertz CT molecular complexity index is 473. The molecule has 1 aromatic carbocycles. The summed E-state index contributed by atoms with van der Waals surface area (Å²) in [4.78, 5) is 0.327. The summed E-state index contributed by atoms with van der Waals surface area (Å²) in [6.45, 7) is 4.01. The Kier molecular flexibility index (Phi) is 4.83. The van der Waals surface area contributed by atoms with Gasteiger partial charge < -0.3 is 5.32 Å². The first-order chi connectivity index (χ1) is 7.86. The van der Waals surface area contributed by atoms with Crippen molar-refractivity contribution < 1.29 is 8.42 Å². The van der Waals surface area contributed by atoms with Crippen LogP contribution in [-0.2, 0) is 9.84 Å². The molecule has 2 unspecified atom stereocenters. The lowest BCUT2D eigenvalue weighted by molar-refractivity contribution is 0.564. The van der Waals surface area contributed by atoms with Gasteiger partial charge in [0.2, 0.25) is 0 Å². The molecule has 0 saturated carbocycles. The first-order valence-corrected chi connectivity index (χ1v) is 7.90. The van der Waals surface area contributed by atoms with Crippen LogP contribution in [0.5, 0.6) is 0 Å². The highest BCUT2D eigenvalue weighted by atomic mass is 35.5. The minimum Gasteiger partial charge on any atom is -0.381 e. The minimum atomic E-state index is -3.21. The van der Waals surface area contributed by atoms with Gasteiger partial charge in [0.1, 0.15) is 0 Å². The van der Waals surface area contributed by atoms with Crippen molar-refractivity contribution in [2.24, 2.45) is 5.92 Å². The molecular formula is C12H18ClNO2S. The zero-order valence-electron chi connectivity index (χ0n) is 10.3. The molecule has 0 heterocycles. The van der Waals surface area contributed by atoms with Crippen LogP contribution in [0.2, 0.25) is 0 Å². The van der Waals surface area contributed by atoms with Crippen LogP contribution in [0.15, 0.2) is 29.2 Å². The van der Waals surface area contributed by atoms with E-state index in [1.54, 1.807) is 18.2 Å². The molecule has 96 valence electrons. The molecule has 0 fully saturated rings. The lowest BCUT2D eigenvalue weighted by Crippen LogP contribution is -2.25. The molecule has 0 amide bonds. The van der Waals surface area contributed by atoms with E-state index in [1.807, 2.05) is 19.9 Å². The molecule has 0 saturated heterocycles. The second kappa shape index (κ2) is 5.74. The number of hydrogen-bond acceptors (Lipinski definition) is 3. The van der Waals surface area contributed by atoms with Crippen molar-refractivity contribution in [3.8, 4) is 0 Å². The van der Waals surface area contributed by atoms with Gasteiger partial charge in [0.05, 0.1) is 10.6 Å². The fourth-order valence-electron chi connectivity index (χ4n) is 1.43. The molecule has 1 N–H and O–H groups in total. The Morgan fingerprint density at radius 2 is 1.88 bits per heavy atom. The van der Waals surface area contributed by atoms with Crippen molar-refractivity contribution in [1.29, 1.82) is 0 Å². The predicted molar refractivity (Wildman–Crippen MR) is 72.5 cm³/mol. The molecule has 0 aliphatic carbocycles. The van der Waals surface area contributed by atoms with Gasteiger partial charge in [-0.15, -0.1) is 11.6 Å². The van der Waals surface area contributed by atoms with Crippen LogP contribution in [-0.4, -0.2) is 26.6 Å². The molecule has 1 aromatic rings. The maximum absolute atomic E-state index is 11.6. The summed E-state index contributed by atoms with van der Waals surface area (Å²) < 4.78 is 23.2. The molecule has 2 atom stereocenters. The van der Waals surface area contributed by atoms with Gasteiger partial charge in [0.15, 0.2) is 9.84 Å². The first-order valence-electron chi connectivity index (χ1n) is 5.48. The van der Waals surface area contributed by atoms with Crippen LogP contribution in [0.4, 0.5) is 5.69 Å². The van der Waals surface area contributed by atoms with Crippen LogP contribution in [0.3, 0.4) is 0 Å². The van der Waals surface area contributed by atoms with Crippen molar-refractivity contribution in [3.63, 3.8) is 0 Å². The predicted octanol–water partition coefficient (Wildman–Crippen LogP) is 2.77. The van der Waals surface area contributed by atoms with Crippen molar-refractivity contribution in [2.75, 3.05) is 17.5 Å². The fraction of sp³-hybridized carbons (Fsp3) is 0.500. The third kappa shape index (κ3) is 3.89. The Morgan fingerprint density at radius 1 is 1.29 bits per heavy atom. The van der Waals surface area contributed by atoms with Crippen LogP contribution in [0.25, 0.3) is 0 Å². The SMILES string of the molecule is CC(CCl)C(C)Nc1ccccc1S(C)(=O)=O. The number of benzene rings is 1. The quantitative estimate of drug-likeness (QED) is 0.841. The third-order valence-corrected chi connectivity index (χ3v) is 4.41. The Balaban J connectivity index is 3.00. The molecule has 1 rings (SSSR count). The molecule has 0 aliphatic rings. The van der Waals surface area contributed by atoms with E-state index in [0.29, 0.717) is 16.5 Å². The first kappa shape index (κ1) is 14.3. The fourth-order valence-corrected chi connectivity index (χ4v) is 2.55. The molecule has 0 bridgehead atoms. The Hall–Kier alpha value is -0.740. The summed E-state index contributed by atoms with van der Waals surface area (Å²) >= 11 is 5.78. The van der Waals surface area contributed by atoms with E-state index in [4.69, 9.17) is 11.6 Å². The van der Waals surface area contributed by atoms with E-state index < -0.39 is 9.84 Å².